The SMILES string of the molecule is O=C(NC[C@@H](c1ccc(F)cc1)[NH+]1CCOCC1)c1ccc(-c2ccccc2)cc1. The van der Waals surface area contributed by atoms with E-state index in [1.165, 1.54) is 17.0 Å². The second kappa shape index (κ2) is 9.65. The fourth-order valence-electron chi connectivity index (χ4n) is 3.92. The second-order valence-corrected chi connectivity index (χ2v) is 7.53. The van der Waals surface area contributed by atoms with Crippen LogP contribution in [0.4, 0.5) is 4.39 Å². The highest BCUT2D eigenvalue weighted by molar-refractivity contribution is 5.94. The van der Waals surface area contributed by atoms with Crippen LogP contribution in [0.25, 0.3) is 11.1 Å². The Morgan fingerprint density at radius 1 is 0.900 bits per heavy atom. The molecule has 3 aromatic rings. The Kier molecular flexibility index (Phi) is 6.52. The Morgan fingerprint density at radius 3 is 2.20 bits per heavy atom. The molecule has 2 N–H and O–H groups in total. The second-order valence-electron chi connectivity index (χ2n) is 7.53. The van der Waals surface area contributed by atoms with Crippen molar-refractivity contribution >= 4 is 5.91 Å². The van der Waals surface area contributed by atoms with Crippen molar-refractivity contribution in [1.82, 2.24) is 5.32 Å². The van der Waals surface area contributed by atoms with E-state index < -0.39 is 0 Å². The molecule has 4 nitrogen and oxygen atoms in total. The maximum atomic E-state index is 13.4. The number of rotatable bonds is 6. The van der Waals surface area contributed by atoms with Crippen LogP contribution in [0, 0.1) is 5.82 Å². The molecule has 1 saturated heterocycles. The van der Waals surface area contributed by atoms with Gasteiger partial charge in [-0.2, -0.15) is 0 Å². The Morgan fingerprint density at radius 2 is 1.53 bits per heavy atom. The van der Waals surface area contributed by atoms with Crippen molar-refractivity contribution in [3.8, 4) is 11.1 Å². The normalized spacial score (nSPS) is 15.5. The first-order valence-corrected chi connectivity index (χ1v) is 10.3. The number of ether oxygens (including phenoxy) is 1. The first-order valence-electron chi connectivity index (χ1n) is 10.3. The maximum Gasteiger partial charge on any atom is 0.251 e. The Bertz CT molecular complexity index is 953. The molecular weight excluding hydrogens is 379 g/mol. The topological polar surface area (TPSA) is 42.8 Å². The predicted molar refractivity (Wildman–Crippen MR) is 115 cm³/mol. The van der Waals surface area contributed by atoms with Crippen LogP contribution in [0.5, 0.6) is 0 Å². The number of benzene rings is 3. The smallest absolute Gasteiger partial charge is 0.251 e. The highest BCUT2D eigenvalue weighted by atomic mass is 19.1. The van der Waals surface area contributed by atoms with Crippen molar-refractivity contribution < 1.29 is 18.8 Å². The predicted octanol–water partition coefficient (Wildman–Crippen LogP) is 2.88. The van der Waals surface area contributed by atoms with E-state index in [0.29, 0.717) is 25.3 Å². The van der Waals surface area contributed by atoms with Crippen LogP contribution in [0.3, 0.4) is 0 Å². The van der Waals surface area contributed by atoms with Gasteiger partial charge in [0.15, 0.2) is 0 Å². The molecule has 0 bridgehead atoms. The van der Waals surface area contributed by atoms with Crippen LogP contribution in [0.15, 0.2) is 78.9 Å². The Labute approximate surface area is 176 Å². The molecule has 5 heteroatoms. The third-order valence-electron chi connectivity index (χ3n) is 5.62. The summed E-state index contributed by atoms with van der Waals surface area (Å²) in [6, 6.07) is 24.4. The van der Waals surface area contributed by atoms with E-state index in [9.17, 15) is 9.18 Å². The van der Waals surface area contributed by atoms with Gasteiger partial charge in [-0.1, -0.05) is 54.6 Å². The molecule has 1 heterocycles. The van der Waals surface area contributed by atoms with E-state index >= 15 is 0 Å². The number of quaternary nitrogens is 1. The van der Waals surface area contributed by atoms with Crippen LogP contribution < -0.4 is 10.2 Å². The number of nitrogens with one attached hydrogen (secondary N) is 2. The van der Waals surface area contributed by atoms with Crippen molar-refractivity contribution in [3.63, 3.8) is 0 Å². The van der Waals surface area contributed by atoms with E-state index in [2.05, 4.69) is 5.32 Å². The lowest BCUT2D eigenvalue weighted by Gasteiger charge is -2.32. The van der Waals surface area contributed by atoms with Crippen molar-refractivity contribution in [2.45, 2.75) is 6.04 Å². The lowest BCUT2D eigenvalue weighted by molar-refractivity contribution is -0.937. The minimum atomic E-state index is -0.253. The van der Waals surface area contributed by atoms with Gasteiger partial charge in [0.05, 0.1) is 19.8 Å². The maximum absolute atomic E-state index is 13.4. The first kappa shape index (κ1) is 20.3. The summed E-state index contributed by atoms with van der Waals surface area (Å²) in [5, 5.41) is 3.07. The van der Waals surface area contributed by atoms with Gasteiger partial charge >= 0.3 is 0 Å². The van der Waals surface area contributed by atoms with Gasteiger partial charge in [0, 0.05) is 11.1 Å². The summed E-state index contributed by atoms with van der Waals surface area (Å²) in [6.45, 7) is 3.61. The van der Waals surface area contributed by atoms with Crippen LogP contribution in [0.1, 0.15) is 22.0 Å². The van der Waals surface area contributed by atoms with E-state index in [1.54, 1.807) is 0 Å². The third-order valence-corrected chi connectivity index (χ3v) is 5.62. The summed E-state index contributed by atoms with van der Waals surface area (Å²) in [5.74, 6) is -0.355. The Balaban J connectivity index is 1.44. The fourth-order valence-corrected chi connectivity index (χ4v) is 3.92. The summed E-state index contributed by atoms with van der Waals surface area (Å²) in [4.78, 5) is 14.1. The van der Waals surface area contributed by atoms with Gasteiger partial charge in [0.25, 0.3) is 5.91 Å². The number of hydrogen-bond acceptors (Lipinski definition) is 2. The molecule has 0 aliphatic carbocycles. The van der Waals surface area contributed by atoms with Gasteiger partial charge in [0.1, 0.15) is 24.9 Å². The average molecular weight is 405 g/mol. The molecule has 0 aromatic heterocycles. The molecule has 1 aliphatic heterocycles. The average Bonchev–Trinajstić information content (AvgIpc) is 2.81. The molecule has 3 aromatic carbocycles. The molecule has 1 atom stereocenters. The van der Waals surface area contributed by atoms with Crippen molar-refractivity contribution in [3.05, 3.63) is 95.8 Å². The molecule has 1 amide bonds. The van der Waals surface area contributed by atoms with E-state index in [-0.39, 0.29) is 17.8 Å². The standard InChI is InChI=1S/C25H25FN2O2/c26-23-12-10-21(11-13-23)24(28-14-16-30-17-15-28)18-27-25(29)22-8-6-20(7-9-22)19-4-2-1-3-5-19/h1-13,24H,14-18H2,(H,27,29)/p+1/t24-/m0/s1. The van der Waals surface area contributed by atoms with Gasteiger partial charge in [-0.05, 0) is 35.4 Å². The molecule has 1 aliphatic rings. The summed E-state index contributed by atoms with van der Waals surface area (Å²) in [5.41, 5.74) is 3.85. The number of hydrogen-bond donors (Lipinski definition) is 2. The lowest BCUT2D eigenvalue weighted by Crippen LogP contribution is -3.15. The lowest BCUT2D eigenvalue weighted by atomic mass is 10.0. The number of morpholine rings is 1. The molecule has 154 valence electrons. The summed E-state index contributed by atoms with van der Waals surface area (Å²) < 4.78 is 18.9. The minimum absolute atomic E-state index is 0.0574. The van der Waals surface area contributed by atoms with Crippen molar-refractivity contribution in [1.29, 1.82) is 0 Å². The molecule has 30 heavy (non-hydrogen) atoms. The molecule has 1 fully saturated rings. The molecule has 0 saturated carbocycles. The Hall–Kier alpha value is -3.02. The molecule has 0 radical (unpaired) electrons. The van der Waals surface area contributed by atoms with Crippen LogP contribution in [0.2, 0.25) is 0 Å². The summed E-state index contributed by atoms with van der Waals surface area (Å²) >= 11 is 0. The zero-order valence-electron chi connectivity index (χ0n) is 16.8. The molecule has 0 spiro atoms. The van der Waals surface area contributed by atoms with Gasteiger partial charge in [-0.15, -0.1) is 0 Å². The number of carbonyl (C=O) groups excluding carboxylic acids is 1. The minimum Gasteiger partial charge on any atom is -0.370 e. The third kappa shape index (κ3) is 4.93. The first-order chi connectivity index (χ1) is 14.7. The van der Waals surface area contributed by atoms with Gasteiger partial charge in [-0.25, -0.2) is 4.39 Å². The van der Waals surface area contributed by atoms with Gasteiger partial charge in [-0.3, -0.25) is 4.79 Å². The van der Waals surface area contributed by atoms with E-state index in [4.69, 9.17) is 4.74 Å². The van der Waals surface area contributed by atoms with Gasteiger partial charge < -0.3 is 15.0 Å². The highest BCUT2D eigenvalue weighted by Crippen LogP contribution is 2.19. The van der Waals surface area contributed by atoms with Crippen molar-refractivity contribution in [2.75, 3.05) is 32.8 Å². The molecular formula is C25H26FN2O2+. The highest BCUT2D eigenvalue weighted by Gasteiger charge is 2.27. The van der Waals surface area contributed by atoms with Crippen LogP contribution >= 0.6 is 0 Å². The monoisotopic (exact) mass is 405 g/mol. The number of carbonyl (C=O) groups is 1. The zero-order valence-corrected chi connectivity index (χ0v) is 16.8. The van der Waals surface area contributed by atoms with Crippen LogP contribution in [-0.4, -0.2) is 38.8 Å². The van der Waals surface area contributed by atoms with E-state index in [0.717, 1.165) is 29.8 Å². The molecule has 4 rings (SSSR count). The summed E-state index contributed by atoms with van der Waals surface area (Å²) in [7, 11) is 0. The summed E-state index contributed by atoms with van der Waals surface area (Å²) in [6.07, 6.45) is 0. The van der Waals surface area contributed by atoms with E-state index in [1.807, 2.05) is 66.7 Å². The zero-order chi connectivity index (χ0) is 20.8. The largest absolute Gasteiger partial charge is 0.370 e. The van der Waals surface area contributed by atoms with Gasteiger partial charge in [0.2, 0.25) is 0 Å². The quantitative estimate of drug-likeness (QED) is 0.662. The van der Waals surface area contributed by atoms with Crippen LogP contribution in [-0.2, 0) is 4.74 Å². The number of amides is 1. The number of halogens is 1. The van der Waals surface area contributed by atoms with Crippen molar-refractivity contribution in [2.24, 2.45) is 0 Å². The molecule has 0 unspecified atom stereocenters. The fraction of sp³-hybridized carbons (Fsp3) is 0.240.